The van der Waals surface area contributed by atoms with Crippen molar-refractivity contribution in [3.63, 3.8) is 0 Å². The zero-order valence-electron chi connectivity index (χ0n) is 8.02. The minimum atomic E-state index is -1.86. The van der Waals surface area contributed by atoms with Gasteiger partial charge in [0.05, 0.1) is 6.61 Å². The molecule has 0 aliphatic rings. The molecule has 3 atom stereocenters. The van der Waals surface area contributed by atoms with Crippen LogP contribution in [0.15, 0.2) is 0 Å². The van der Waals surface area contributed by atoms with Crippen LogP contribution in [0.3, 0.4) is 0 Å². The quantitative estimate of drug-likeness (QED) is 0.313. The van der Waals surface area contributed by atoms with Gasteiger partial charge in [-0.3, -0.25) is 4.79 Å². The Morgan fingerprint density at radius 3 is 1.75 bits per heavy atom. The number of ketones is 1. The fraction of sp³-hybridized carbons (Fsp3) is 0.833. The maximum absolute atomic E-state index is 10.5. The number of carbonyl (C=O) groups is 1. The van der Waals surface area contributed by atoms with E-state index >= 15 is 0 Å². The van der Waals surface area contributed by atoms with Crippen molar-refractivity contribution in [2.24, 2.45) is 0 Å². The van der Waals surface area contributed by atoms with Gasteiger partial charge in [-0.05, 0) is 0 Å². The summed E-state index contributed by atoms with van der Waals surface area (Å²) in [7, 11) is 0. The number of aliphatic hydroxyl groups is 5. The van der Waals surface area contributed by atoms with Crippen LogP contribution in [0.2, 0.25) is 0 Å². The second-order valence-corrected chi connectivity index (χ2v) is 2.66. The summed E-state index contributed by atoms with van der Waals surface area (Å²) in [5.41, 5.74) is 0. The summed E-state index contributed by atoms with van der Waals surface area (Å²) >= 11 is -1.62. The molecule has 0 rings (SSSR count). The van der Waals surface area contributed by atoms with E-state index in [2.05, 4.69) is 0 Å². The summed E-state index contributed by atoms with van der Waals surface area (Å²) in [4.78, 5) is 10.5. The van der Waals surface area contributed by atoms with E-state index < -0.39 is 52.1 Å². The molecule has 0 radical (unpaired) electrons. The molecule has 0 saturated heterocycles. The van der Waals surface area contributed by atoms with Crippen LogP contribution in [0.25, 0.3) is 0 Å². The average molecular weight is 309 g/mol. The van der Waals surface area contributed by atoms with E-state index in [1.54, 1.807) is 0 Å². The molecule has 0 aromatic heterocycles. The summed E-state index contributed by atoms with van der Waals surface area (Å²) in [6.45, 7) is -1.69. The molecule has 0 aliphatic carbocycles. The SMILES string of the molecule is O.O=C(CO)C(O)C(O)C(O)CO.O=[Se]=O. The van der Waals surface area contributed by atoms with Crippen LogP contribution in [0.4, 0.5) is 0 Å². The number of Topliss-reactive ketones (excluding diaryl/α,β-unsaturated/α-hetero) is 1. The molecule has 0 bridgehead atoms. The first kappa shape index (κ1) is 20.9. The van der Waals surface area contributed by atoms with Crippen LogP contribution in [0, 0.1) is 0 Å². The van der Waals surface area contributed by atoms with Gasteiger partial charge in [0.2, 0.25) is 0 Å². The fourth-order valence-electron chi connectivity index (χ4n) is 0.602. The third-order valence-corrected chi connectivity index (χ3v) is 1.39. The Morgan fingerprint density at radius 2 is 1.50 bits per heavy atom. The van der Waals surface area contributed by atoms with Crippen LogP contribution in [0.5, 0.6) is 0 Å². The normalized spacial score (nSPS) is 14.6. The van der Waals surface area contributed by atoms with E-state index in [9.17, 15) is 4.79 Å². The molecule has 7 N–H and O–H groups in total. The first-order chi connectivity index (χ1) is 6.95. The summed E-state index contributed by atoms with van der Waals surface area (Å²) in [6.07, 6.45) is -5.22. The van der Waals surface area contributed by atoms with Crippen molar-refractivity contribution in [3.05, 3.63) is 0 Å². The molecular formula is C6H14O9Se. The molecule has 16 heavy (non-hydrogen) atoms. The zero-order valence-corrected chi connectivity index (χ0v) is 9.73. The van der Waals surface area contributed by atoms with Gasteiger partial charge >= 0.3 is 22.5 Å². The Labute approximate surface area is 96.2 Å². The van der Waals surface area contributed by atoms with Crippen LogP contribution in [-0.4, -0.2) is 83.1 Å². The van der Waals surface area contributed by atoms with E-state index in [0.29, 0.717) is 0 Å². The predicted octanol–water partition coefficient (Wildman–Crippen LogP) is -4.82. The van der Waals surface area contributed by atoms with Gasteiger partial charge < -0.3 is 31.0 Å². The third-order valence-electron chi connectivity index (χ3n) is 1.39. The van der Waals surface area contributed by atoms with E-state index in [1.807, 2.05) is 0 Å². The van der Waals surface area contributed by atoms with E-state index in [4.69, 9.17) is 33.2 Å². The molecule has 0 fully saturated rings. The van der Waals surface area contributed by atoms with Gasteiger partial charge in [-0.15, -0.1) is 0 Å². The topological polar surface area (TPSA) is 184 Å². The molecule has 98 valence electrons. The van der Waals surface area contributed by atoms with Gasteiger partial charge in [0.25, 0.3) is 0 Å². The fourth-order valence-corrected chi connectivity index (χ4v) is 0.602. The molecule has 3 unspecified atom stereocenters. The third kappa shape index (κ3) is 8.83. The Morgan fingerprint density at radius 1 is 1.12 bits per heavy atom. The first-order valence-electron chi connectivity index (χ1n) is 3.66. The van der Waals surface area contributed by atoms with Crippen molar-refractivity contribution in [1.82, 2.24) is 0 Å². The monoisotopic (exact) mass is 310 g/mol. The molecule has 0 saturated carbocycles. The van der Waals surface area contributed by atoms with Gasteiger partial charge in [-0.25, -0.2) is 0 Å². The van der Waals surface area contributed by atoms with Crippen molar-refractivity contribution < 1.29 is 43.5 Å². The number of aliphatic hydroxyl groups excluding tert-OH is 5. The number of rotatable bonds is 5. The second-order valence-electron chi connectivity index (χ2n) is 2.38. The summed E-state index contributed by atoms with van der Waals surface area (Å²) in [5.74, 6) is -1.00. The Hall–Kier alpha value is -0.451. The maximum atomic E-state index is 10.5. The van der Waals surface area contributed by atoms with Crippen molar-refractivity contribution in [3.8, 4) is 0 Å². The van der Waals surface area contributed by atoms with Crippen molar-refractivity contribution in [2.75, 3.05) is 13.2 Å². The standard InChI is InChI=1S/C6H12O6.O2Se.H2O/c7-1-3(9)5(11)6(12)4(10)2-8;1-3-2;/h3,5-9,11-12H,1-2H2;;1H2. The minimum absolute atomic E-state index is 0. The van der Waals surface area contributed by atoms with E-state index in [0.717, 1.165) is 0 Å². The van der Waals surface area contributed by atoms with Gasteiger partial charge in [-0.2, -0.15) is 0 Å². The molecule has 0 spiro atoms. The van der Waals surface area contributed by atoms with Crippen molar-refractivity contribution in [2.45, 2.75) is 18.3 Å². The van der Waals surface area contributed by atoms with Crippen molar-refractivity contribution in [1.29, 1.82) is 0 Å². The summed E-state index contributed by atoms with van der Waals surface area (Å²) < 4.78 is 16.9. The van der Waals surface area contributed by atoms with Crippen LogP contribution in [0.1, 0.15) is 0 Å². The van der Waals surface area contributed by atoms with Gasteiger partial charge in [0, 0.05) is 0 Å². The Bertz CT molecular complexity index is 214. The zero-order chi connectivity index (χ0) is 12.4. The molecule has 0 heterocycles. The van der Waals surface area contributed by atoms with E-state index in [-0.39, 0.29) is 5.48 Å². The summed E-state index contributed by atoms with van der Waals surface area (Å²) in [5, 5.41) is 43.1. The molecule has 0 aromatic carbocycles. The predicted molar refractivity (Wildman–Crippen MR) is 47.9 cm³/mol. The molecule has 10 heteroatoms. The number of hydrogen-bond acceptors (Lipinski definition) is 8. The Kier molecular flexibility index (Phi) is 16.5. The van der Waals surface area contributed by atoms with Crippen molar-refractivity contribution >= 4 is 20.6 Å². The molecule has 0 amide bonds. The molecular weight excluding hydrogens is 295 g/mol. The van der Waals surface area contributed by atoms with Crippen LogP contribution < -0.4 is 0 Å². The van der Waals surface area contributed by atoms with Gasteiger partial charge in [0.15, 0.2) is 5.78 Å². The first-order valence-corrected chi connectivity index (χ1v) is 5.06. The second kappa shape index (κ2) is 12.6. The van der Waals surface area contributed by atoms with Crippen LogP contribution in [-0.2, 0) is 12.5 Å². The molecule has 9 nitrogen and oxygen atoms in total. The number of hydrogen-bond donors (Lipinski definition) is 5. The number of carbonyl (C=O) groups excluding carboxylic acids is 1. The van der Waals surface area contributed by atoms with Gasteiger partial charge in [-0.1, -0.05) is 0 Å². The average Bonchev–Trinajstić information content (AvgIpc) is 2.25. The van der Waals surface area contributed by atoms with Gasteiger partial charge in [0.1, 0.15) is 24.9 Å². The molecule has 0 aliphatic heterocycles. The van der Waals surface area contributed by atoms with E-state index in [1.165, 1.54) is 0 Å². The summed E-state index contributed by atoms with van der Waals surface area (Å²) in [6, 6.07) is 0. The Balaban J connectivity index is -0.000000377. The van der Waals surface area contributed by atoms with Crippen LogP contribution >= 0.6 is 0 Å². The molecule has 0 aromatic rings.